The van der Waals surface area contributed by atoms with Crippen molar-refractivity contribution in [3.05, 3.63) is 46.8 Å². The van der Waals surface area contributed by atoms with Crippen molar-refractivity contribution in [1.29, 1.82) is 5.26 Å². The maximum Gasteiger partial charge on any atom is 0.252 e. The van der Waals surface area contributed by atoms with Crippen LogP contribution in [-0.4, -0.2) is 31.7 Å². The quantitative estimate of drug-likeness (QED) is 0.870. The number of sulfonamides is 1. The van der Waals surface area contributed by atoms with Crippen LogP contribution in [0, 0.1) is 24.2 Å². The average Bonchev–Trinajstić information content (AvgIpc) is 3.09. The first-order valence-corrected chi connectivity index (χ1v) is 10.5. The number of rotatable bonds is 4. The minimum Gasteiger partial charge on any atom is -0.325 e. The Labute approximate surface area is 157 Å². The van der Waals surface area contributed by atoms with Gasteiger partial charge in [-0.15, -0.1) is 11.3 Å². The SMILES string of the molecule is Cc1ccc(S(=O)(=O)N2CCC(C(=O)Nc3ccccc3C#N)CC2)s1. The van der Waals surface area contributed by atoms with Gasteiger partial charge in [-0.3, -0.25) is 4.79 Å². The maximum absolute atomic E-state index is 12.7. The van der Waals surface area contributed by atoms with E-state index in [1.807, 2.05) is 13.0 Å². The number of thiophene rings is 1. The summed E-state index contributed by atoms with van der Waals surface area (Å²) in [5.41, 5.74) is 0.901. The van der Waals surface area contributed by atoms with Gasteiger partial charge >= 0.3 is 0 Å². The number of nitrogens with one attached hydrogen (secondary N) is 1. The van der Waals surface area contributed by atoms with Crippen LogP contribution in [0.4, 0.5) is 5.69 Å². The minimum absolute atomic E-state index is 0.170. The van der Waals surface area contributed by atoms with Gasteiger partial charge in [0.25, 0.3) is 10.0 Å². The number of nitrogens with zero attached hydrogens (tertiary/aromatic N) is 2. The van der Waals surface area contributed by atoms with Crippen molar-refractivity contribution < 1.29 is 13.2 Å². The maximum atomic E-state index is 12.7. The van der Waals surface area contributed by atoms with Crippen molar-refractivity contribution in [2.24, 2.45) is 5.92 Å². The van der Waals surface area contributed by atoms with E-state index in [2.05, 4.69) is 5.32 Å². The number of amides is 1. The summed E-state index contributed by atoms with van der Waals surface area (Å²) in [6, 6.07) is 12.3. The fourth-order valence-corrected chi connectivity index (χ4v) is 5.87. The fourth-order valence-electron chi connectivity index (χ4n) is 2.96. The van der Waals surface area contributed by atoms with E-state index in [9.17, 15) is 13.2 Å². The number of benzene rings is 1. The molecule has 2 heterocycles. The van der Waals surface area contributed by atoms with Crippen LogP contribution in [0.3, 0.4) is 0 Å². The Bertz CT molecular complexity index is 952. The molecular weight excluding hydrogens is 370 g/mol. The number of nitriles is 1. The lowest BCUT2D eigenvalue weighted by atomic mass is 9.97. The summed E-state index contributed by atoms with van der Waals surface area (Å²) in [6.07, 6.45) is 0.925. The molecule has 136 valence electrons. The number of anilines is 1. The van der Waals surface area contributed by atoms with E-state index in [4.69, 9.17) is 5.26 Å². The van der Waals surface area contributed by atoms with Crippen LogP contribution >= 0.6 is 11.3 Å². The Morgan fingerprint density at radius 2 is 1.92 bits per heavy atom. The van der Waals surface area contributed by atoms with Crippen molar-refractivity contribution in [2.75, 3.05) is 18.4 Å². The molecule has 0 bridgehead atoms. The average molecular weight is 390 g/mol. The Balaban J connectivity index is 1.63. The first kappa shape index (κ1) is 18.6. The van der Waals surface area contributed by atoms with E-state index < -0.39 is 10.0 Å². The molecule has 0 atom stereocenters. The zero-order valence-electron chi connectivity index (χ0n) is 14.3. The molecule has 1 N–H and O–H groups in total. The molecule has 2 aromatic rings. The standard InChI is InChI=1S/C18H19N3O3S2/c1-13-6-7-17(25-13)26(23,24)21-10-8-14(9-11-21)18(22)20-16-5-3-2-4-15(16)12-19/h2-7,14H,8-11H2,1H3,(H,20,22). The molecule has 1 fully saturated rings. The molecule has 1 saturated heterocycles. The van der Waals surface area contributed by atoms with Crippen molar-refractivity contribution >= 4 is 33.0 Å². The molecule has 0 unspecified atom stereocenters. The summed E-state index contributed by atoms with van der Waals surface area (Å²) < 4.78 is 27.1. The van der Waals surface area contributed by atoms with Gasteiger partial charge < -0.3 is 5.32 Å². The summed E-state index contributed by atoms with van der Waals surface area (Å²) in [4.78, 5) is 13.4. The summed E-state index contributed by atoms with van der Waals surface area (Å²) >= 11 is 1.26. The van der Waals surface area contributed by atoms with Crippen LogP contribution in [-0.2, 0) is 14.8 Å². The molecule has 1 amide bonds. The van der Waals surface area contributed by atoms with Gasteiger partial charge in [0.15, 0.2) is 0 Å². The summed E-state index contributed by atoms with van der Waals surface area (Å²) in [6.45, 7) is 2.51. The predicted octanol–water partition coefficient (Wildman–Crippen LogP) is 2.97. The van der Waals surface area contributed by atoms with E-state index in [1.165, 1.54) is 15.6 Å². The van der Waals surface area contributed by atoms with Crippen molar-refractivity contribution in [1.82, 2.24) is 4.31 Å². The highest BCUT2D eigenvalue weighted by Crippen LogP contribution is 2.28. The van der Waals surface area contributed by atoms with Gasteiger partial charge in [-0.1, -0.05) is 12.1 Å². The van der Waals surface area contributed by atoms with Crippen molar-refractivity contribution in [2.45, 2.75) is 24.0 Å². The molecule has 0 aliphatic carbocycles. The van der Waals surface area contributed by atoms with Crippen LogP contribution in [0.15, 0.2) is 40.6 Å². The molecule has 1 aliphatic heterocycles. The second kappa shape index (κ2) is 7.58. The van der Waals surface area contributed by atoms with Gasteiger partial charge in [0.1, 0.15) is 10.3 Å². The van der Waals surface area contributed by atoms with Gasteiger partial charge in [0.2, 0.25) is 5.91 Å². The molecule has 8 heteroatoms. The predicted molar refractivity (Wildman–Crippen MR) is 100 cm³/mol. The fraction of sp³-hybridized carbons (Fsp3) is 0.333. The molecule has 26 heavy (non-hydrogen) atoms. The normalized spacial score (nSPS) is 16.2. The minimum atomic E-state index is -3.48. The van der Waals surface area contributed by atoms with Crippen LogP contribution in [0.2, 0.25) is 0 Å². The molecule has 3 rings (SSSR count). The monoisotopic (exact) mass is 389 g/mol. The van der Waals surface area contributed by atoms with E-state index in [-0.39, 0.29) is 11.8 Å². The van der Waals surface area contributed by atoms with E-state index >= 15 is 0 Å². The topological polar surface area (TPSA) is 90.3 Å². The van der Waals surface area contributed by atoms with Gasteiger partial charge in [-0.25, -0.2) is 8.42 Å². The van der Waals surface area contributed by atoms with Gasteiger partial charge in [-0.2, -0.15) is 9.57 Å². The molecule has 0 saturated carbocycles. The third kappa shape index (κ3) is 3.80. The lowest BCUT2D eigenvalue weighted by Crippen LogP contribution is -2.41. The molecule has 6 nitrogen and oxygen atoms in total. The molecule has 1 aromatic heterocycles. The third-order valence-corrected chi connectivity index (χ3v) is 7.81. The number of carbonyl (C=O) groups excluding carboxylic acids is 1. The molecule has 0 radical (unpaired) electrons. The number of aryl methyl sites for hydroxylation is 1. The molecule has 0 spiro atoms. The second-order valence-corrected chi connectivity index (χ2v) is 9.64. The highest BCUT2D eigenvalue weighted by Gasteiger charge is 2.32. The first-order valence-electron chi connectivity index (χ1n) is 8.28. The van der Waals surface area contributed by atoms with Gasteiger partial charge in [0.05, 0.1) is 11.3 Å². The van der Waals surface area contributed by atoms with E-state index in [1.54, 1.807) is 36.4 Å². The number of piperidine rings is 1. The van der Waals surface area contributed by atoms with Crippen molar-refractivity contribution in [3.63, 3.8) is 0 Å². The Hall–Kier alpha value is -2.21. The van der Waals surface area contributed by atoms with Gasteiger partial charge in [0, 0.05) is 23.9 Å². The summed E-state index contributed by atoms with van der Waals surface area (Å²) in [7, 11) is -3.48. The molecular formula is C18H19N3O3S2. The Kier molecular flexibility index (Phi) is 5.41. The number of hydrogen-bond acceptors (Lipinski definition) is 5. The number of hydrogen-bond donors (Lipinski definition) is 1. The zero-order valence-corrected chi connectivity index (χ0v) is 15.9. The highest BCUT2D eigenvalue weighted by molar-refractivity contribution is 7.91. The highest BCUT2D eigenvalue weighted by atomic mass is 32.2. The number of para-hydroxylation sites is 1. The number of carbonyl (C=O) groups is 1. The van der Waals surface area contributed by atoms with E-state index in [0.29, 0.717) is 41.4 Å². The van der Waals surface area contributed by atoms with E-state index in [0.717, 1.165) is 4.88 Å². The Morgan fingerprint density at radius 1 is 1.23 bits per heavy atom. The van der Waals surface area contributed by atoms with Crippen LogP contribution in [0.1, 0.15) is 23.3 Å². The smallest absolute Gasteiger partial charge is 0.252 e. The summed E-state index contributed by atoms with van der Waals surface area (Å²) in [5, 5.41) is 11.9. The van der Waals surface area contributed by atoms with Crippen molar-refractivity contribution in [3.8, 4) is 6.07 Å². The van der Waals surface area contributed by atoms with Crippen LogP contribution in [0.5, 0.6) is 0 Å². The molecule has 1 aliphatic rings. The van der Waals surface area contributed by atoms with Gasteiger partial charge in [-0.05, 0) is 44.0 Å². The zero-order chi connectivity index (χ0) is 18.7. The third-order valence-electron chi connectivity index (χ3n) is 4.44. The lowest BCUT2D eigenvalue weighted by Gasteiger charge is -2.30. The largest absolute Gasteiger partial charge is 0.325 e. The Morgan fingerprint density at radius 3 is 2.54 bits per heavy atom. The molecule has 1 aromatic carbocycles. The first-order chi connectivity index (χ1) is 12.4. The second-order valence-electron chi connectivity index (χ2n) is 6.19. The van der Waals surface area contributed by atoms with Crippen LogP contribution in [0.25, 0.3) is 0 Å². The summed E-state index contributed by atoms with van der Waals surface area (Å²) in [5.74, 6) is -0.435. The lowest BCUT2D eigenvalue weighted by molar-refractivity contribution is -0.120. The van der Waals surface area contributed by atoms with Crippen LogP contribution < -0.4 is 5.32 Å².